The molecule has 1 heterocycles. The SMILES string of the molecule is COc1ccc(CCNC(=O)CC(c2cccc(OC)c2OC)c2c[nH]c3ccccc23)cc1OC. The van der Waals surface area contributed by atoms with E-state index in [2.05, 4.69) is 16.4 Å². The average molecular weight is 489 g/mol. The van der Waals surface area contributed by atoms with Crippen molar-refractivity contribution in [2.24, 2.45) is 0 Å². The quantitative estimate of drug-likeness (QED) is 0.308. The fourth-order valence-electron chi connectivity index (χ4n) is 4.60. The Morgan fingerprint density at radius 3 is 2.36 bits per heavy atom. The molecule has 4 aromatic rings. The van der Waals surface area contributed by atoms with Crippen molar-refractivity contribution in [3.05, 3.63) is 83.6 Å². The van der Waals surface area contributed by atoms with Gasteiger partial charge < -0.3 is 29.2 Å². The number of hydrogen-bond acceptors (Lipinski definition) is 5. The number of hydrogen-bond donors (Lipinski definition) is 2. The van der Waals surface area contributed by atoms with Crippen LogP contribution in [-0.2, 0) is 11.2 Å². The van der Waals surface area contributed by atoms with E-state index in [9.17, 15) is 4.79 Å². The van der Waals surface area contributed by atoms with Gasteiger partial charge in [0.2, 0.25) is 5.91 Å². The summed E-state index contributed by atoms with van der Waals surface area (Å²) >= 11 is 0. The van der Waals surface area contributed by atoms with E-state index in [-0.39, 0.29) is 18.2 Å². The van der Waals surface area contributed by atoms with Gasteiger partial charge in [-0.15, -0.1) is 0 Å². The van der Waals surface area contributed by atoms with Crippen LogP contribution in [0.25, 0.3) is 10.9 Å². The fourth-order valence-corrected chi connectivity index (χ4v) is 4.60. The lowest BCUT2D eigenvalue weighted by atomic mass is 9.87. The number of fused-ring (bicyclic) bond motifs is 1. The zero-order chi connectivity index (χ0) is 25.5. The van der Waals surface area contributed by atoms with Crippen molar-refractivity contribution < 1.29 is 23.7 Å². The number of H-pyrrole nitrogens is 1. The summed E-state index contributed by atoms with van der Waals surface area (Å²) in [5.41, 5.74) is 4.01. The third kappa shape index (κ3) is 5.25. The first-order valence-electron chi connectivity index (χ1n) is 11.8. The first-order chi connectivity index (χ1) is 17.6. The van der Waals surface area contributed by atoms with Crippen LogP contribution in [0, 0.1) is 0 Å². The summed E-state index contributed by atoms with van der Waals surface area (Å²) in [6, 6.07) is 19.6. The molecule has 1 aromatic heterocycles. The van der Waals surface area contributed by atoms with Crippen molar-refractivity contribution in [2.45, 2.75) is 18.8 Å². The van der Waals surface area contributed by atoms with E-state index in [1.807, 2.05) is 60.8 Å². The van der Waals surface area contributed by atoms with Crippen LogP contribution in [0.2, 0.25) is 0 Å². The van der Waals surface area contributed by atoms with Gasteiger partial charge in [0.15, 0.2) is 23.0 Å². The maximum atomic E-state index is 13.2. The topological polar surface area (TPSA) is 81.8 Å². The van der Waals surface area contributed by atoms with Crippen molar-refractivity contribution in [3.63, 3.8) is 0 Å². The number of rotatable bonds is 11. The van der Waals surface area contributed by atoms with Gasteiger partial charge >= 0.3 is 0 Å². The molecule has 2 N–H and O–H groups in total. The lowest BCUT2D eigenvalue weighted by molar-refractivity contribution is -0.121. The maximum Gasteiger partial charge on any atom is 0.220 e. The Morgan fingerprint density at radius 1 is 0.833 bits per heavy atom. The molecule has 36 heavy (non-hydrogen) atoms. The number of methoxy groups -OCH3 is 4. The number of para-hydroxylation sites is 2. The molecule has 0 saturated heterocycles. The molecule has 0 radical (unpaired) electrons. The number of carbonyl (C=O) groups excluding carboxylic acids is 1. The van der Waals surface area contributed by atoms with Gasteiger partial charge in [0.1, 0.15) is 0 Å². The smallest absolute Gasteiger partial charge is 0.220 e. The summed E-state index contributed by atoms with van der Waals surface area (Å²) in [5.74, 6) is 2.34. The Kier molecular flexibility index (Phi) is 8.00. The molecule has 1 amide bonds. The van der Waals surface area contributed by atoms with E-state index in [0.717, 1.165) is 27.6 Å². The zero-order valence-electron chi connectivity index (χ0n) is 21.1. The van der Waals surface area contributed by atoms with Gasteiger partial charge in [-0.1, -0.05) is 36.4 Å². The third-order valence-electron chi connectivity index (χ3n) is 6.38. The zero-order valence-corrected chi connectivity index (χ0v) is 21.1. The first kappa shape index (κ1) is 25.0. The fraction of sp³-hybridized carbons (Fsp3) is 0.276. The molecule has 0 spiro atoms. The number of ether oxygens (including phenoxy) is 4. The summed E-state index contributed by atoms with van der Waals surface area (Å²) in [5, 5.41) is 4.15. The minimum atomic E-state index is -0.229. The van der Waals surface area contributed by atoms with Gasteiger partial charge in [-0.05, 0) is 41.8 Å². The maximum absolute atomic E-state index is 13.2. The van der Waals surface area contributed by atoms with Gasteiger partial charge in [-0.2, -0.15) is 0 Å². The molecule has 4 rings (SSSR count). The highest BCUT2D eigenvalue weighted by Crippen LogP contribution is 2.41. The van der Waals surface area contributed by atoms with E-state index < -0.39 is 0 Å². The summed E-state index contributed by atoms with van der Waals surface area (Å²) in [6.45, 7) is 0.504. The predicted octanol–water partition coefficient (Wildman–Crippen LogP) is 5.08. The van der Waals surface area contributed by atoms with Crippen LogP contribution >= 0.6 is 0 Å². The van der Waals surface area contributed by atoms with Gasteiger partial charge in [-0.25, -0.2) is 0 Å². The highest BCUT2D eigenvalue weighted by Gasteiger charge is 2.26. The summed E-state index contributed by atoms with van der Waals surface area (Å²) in [4.78, 5) is 16.5. The molecule has 0 aliphatic rings. The van der Waals surface area contributed by atoms with Crippen LogP contribution in [-0.4, -0.2) is 45.9 Å². The van der Waals surface area contributed by atoms with E-state index in [0.29, 0.717) is 36.0 Å². The second-order valence-electron chi connectivity index (χ2n) is 8.42. The number of nitrogens with one attached hydrogen (secondary N) is 2. The molecular weight excluding hydrogens is 456 g/mol. The standard InChI is InChI=1S/C29H32N2O5/c1-33-25-13-12-19(16-27(25)35-3)14-15-30-28(32)17-22(21-9-7-11-26(34-2)29(21)36-4)23-18-31-24-10-6-5-8-20(23)24/h5-13,16,18,22,31H,14-15,17H2,1-4H3,(H,30,32). The van der Waals surface area contributed by atoms with Crippen molar-refractivity contribution in [1.29, 1.82) is 0 Å². The molecule has 0 aliphatic heterocycles. The molecule has 0 aliphatic carbocycles. The molecule has 188 valence electrons. The van der Waals surface area contributed by atoms with Crippen LogP contribution in [0.4, 0.5) is 0 Å². The monoisotopic (exact) mass is 488 g/mol. The van der Waals surface area contributed by atoms with E-state index in [1.54, 1.807) is 28.4 Å². The Hall–Kier alpha value is -4.13. The number of aromatic amines is 1. The van der Waals surface area contributed by atoms with Crippen LogP contribution < -0.4 is 24.3 Å². The van der Waals surface area contributed by atoms with Gasteiger partial charge in [-0.3, -0.25) is 4.79 Å². The van der Waals surface area contributed by atoms with Gasteiger partial charge in [0, 0.05) is 41.5 Å². The van der Waals surface area contributed by atoms with Crippen LogP contribution in [0.5, 0.6) is 23.0 Å². The molecule has 0 saturated carbocycles. The minimum Gasteiger partial charge on any atom is -0.493 e. The van der Waals surface area contributed by atoms with Crippen molar-refractivity contribution >= 4 is 16.8 Å². The molecular formula is C29H32N2O5. The molecule has 3 aromatic carbocycles. The number of benzene rings is 3. The van der Waals surface area contributed by atoms with Crippen molar-refractivity contribution in [2.75, 3.05) is 35.0 Å². The Labute approximate surface area is 211 Å². The second-order valence-corrected chi connectivity index (χ2v) is 8.42. The lowest BCUT2D eigenvalue weighted by Crippen LogP contribution is -2.27. The molecule has 7 heteroatoms. The second kappa shape index (κ2) is 11.5. The largest absolute Gasteiger partial charge is 0.493 e. The molecule has 0 fully saturated rings. The van der Waals surface area contributed by atoms with Crippen LogP contribution in [0.1, 0.15) is 29.0 Å². The average Bonchev–Trinajstić information content (AvgIpc) is 3.35. The number of carbonyl (C=O) groups is 1. The van der Waals surface area contributed by atoms with E-state index >= 15 is 0 Å². The summed E-state index contributed by atoms with van der Waals surface area (Å²) < 4.78 is 22.0. The number of aromatic nitrogens is 1. The Morgan fingerprint density at radius 2 is 1.61 bits per heavy atom. The normalized spacial score (nSPS) is 11.7. The van der Waals surface area contributed by atoms with Crippen LogP contribution in [0.15, 0.2) is 66.9 Å². The highest BCUT2D eigenvalue weighted by atomic mass is 16.5. The number of amides is 1. The van der Waals surface area contributed by atoms with Gasteiger partial charge in [0.25, 0.3) is 0 Å². The minimum absolute atomic E-state index is 0.0457. The molecule has 1 atom stereocenters. The van der Waals surface area contributed by atoms with E-state index in [1.165, 1.54) is 0 Å². The first-order valence-corrected chi connectivity index (χ1v) is 11.8. The predicted molar refractivity (Wildman–Crippen MR) is 141 cm³/mol. The highest BCUT2D eigenvalue weighted by molar-refractivity contribution is 5.86. The van der Waals surface area contributed by atoms with Crippen molar-refractivity contribution in [3.8, 4) is 23.0 Å². The molecule has 7 nitrogen and oxygen atoms in total. The van der Waals surface area contributed by atoms with E-state index in [4.69, 9.17) is 18.9 Å². The summed E-state index contributed by atoms with van der Waals surface area (Å²) in [7, 11) is 6.46. The third-order valence-corrected chi connectivity index (χ3v) is 6.38. The Bertz CT molecular complexity index is 1330. The Balaban J connectivity index is 1.56. The van der Waals surface area contributed by atoms with Crippen LogP contribution in [0.3, 0.4) is 0 Å². The summed E-state index contributed by atoms with van der Waals surface area (Å²) in [6.07, 6.45) is 2.91. The lowest BCUT2D eigenvalue weighted by Gasteiger charge is -2.21. The molecule has 1 unspecified atom stereocenters. The molecule has 0 bridgehead atoms. The van der Waals surface area contributed by atoms with Gasteiger partial charge in [0.05, 0.1) is 28.4 Å². The van der Waals surface area contributed by atoms with Crippen molar-refractivity contribution in [1.82, 2.24) is 10.3 Å².